The quantitative estimate of drug-likeness (QED) is 0.791. The first-order valence-electron chi connectivity index (χ1n) is 6.74. The molecular formula is C17H18ClNOS. The smallest absolute Gasteiger partial charge is 0.241 e. The molecule has 0 aliphatic heterocycles. The van der Waals surface area contributed by atoms with Crippen molar-refractivity contribution in [2.45, 2.75) is 17.4 Å². The Morgan fingerprint density at radius 2 is 1.67 bits per heavy atom. The van der Waals surface area contributed by atoms with E-state index in [1.54, 1.807) is 11.8 Å². The van der Waals surface area contributed by atoms with E-state index < -0.39 is 4.75 Å². The molecule has 0 heterocycles. The summed E-state index contributed by atoms with van der Waals surface area (Å²) in [4.78, 5) is 12.5. The maximum atomic E-state index is 12.5. The first-order valence-corrected chi connectivity index (χ1v) is 8.26. The van der Waals surface area contributed by atoms with Gasteiger partial charge in [0.2, 0.25) is 5.91 Å². The highest BCUT2D eigenvalue weighted by atomic mass is 35.5. The number of alkyl halides is 1. The molecule has 0 aliphatic carbocycles. The second-order valence-electron chi connectivity index (χ2n) is 4.96. The van der Waals surface area contributed by atoms with Gasteiger partial charge in [0, 0.05) is 17.3 Å². The molecule has 0 aliphatic rings. The molecule has 2 nitrogen and oxygen atoms in total. The fraction of sp³-hybridized carbons (Fsp3) is 0.235. The van der Waals surface area contributed by atoms with Crippen molar-refractivity contribution in [2.75, 3.05) is 11.2 Å². The van der Waals surface area contributed by atoms with E-state index >= 15 is 0 Å². The van der Waals surface area contributed by atoms with Gasteiger partial charge in [-0.3, -0.25) is 4.79 Å². The SMILES string of the molecule is CC(CCl)(SCc1ccccc1)C(=O)Nc1ccccc1. The predicted molar refractivity (Wildman–Crippen MR) is 91.9 cm³/mol. The molecule has 1 N–H and O–H groups in total. The van der Waals surface area contributed by atoms with E-state index in [2.05, 4.69) is 17.4 Å². The van der Waals surface area contributed by atoms with Crippen LogP contribution in [0, 0.1) is 0 Å². The van der Waals surface area contributed by atoms with Crippen LogP contribution in [0.5, 0.6) is 0 Å². The molecule has 0 aromatic heterocycles. The highest BCUT2D eigenvalue weighted by Gasteiger charge is 2.33. The summed E-state index contributed by atoms with van der Waals surface area (Å²) in [6, 6.07) is 19.5. The lowest BCUT2D eigenvalue weighted by atomic mass is 10.2. The number of thioether (sulfide) groups is 1. The Labute approximate surface area is 134 Å². The zero-order valence-electron chi connectivity index (χ0n) is 11.9. The minimum Gasteiger partial charge on any atom is -0.325 e. The van der Waals surface area contributed by atoms with Crippen LogP contribution >= 0.6 is 23.4 Å². The van der Waals surface area contributed by atoms with Crippen LogP contribution in [-0.2, 0) is 10.5 Å². The van der Waals surface area contributed by atoms with Crippen molar-refractivity contribution in [1.82, 2.24) is 0 Å². The Hall–Kier alpha value is -1.45. The van der Waals surface area contributed by atoms with Crippen LogP contribution in [0.25, 0.3) is 0 Å². The molecule has 1 unspecified atom stereocenters. The lowest BCUT2D eigenvalue weighted by Gasteiger charge is -2.25. The number of rotatable bonds is 6. The lowest BCUT2D eigenvalue weighted by molar-refractivity contribution is -0.117. The zero-order valence-corrected chi connectivity index (χ0v) is 13.5. The molecule has 2 aromatic carbocycles. The molecule has 0 saturated heterocycles. The van der Waals surface area contributed by atoms with Gasteiger partial charge < -0.3 is 5.32 Å². The minimum absolute atomic E-state index is 0.0652. The van der Waals surface area contributed by atoms with E-state index in [-0.39, 0.29) is 11.8 Å². The van der Waals surface area contributed by atoms with Crippen molar-refractivity contribution in [3.63, 3.8) is 0 Å². The maximum absolute atomic E-state index is 12.5. The second-order valence-corrected chi connectivity index (χ2v) is 6.70. The summed E-state index contributed by atoms with van der Waals surface area (Å²) in [5, 5.41) is 2.93. The third-order valence-electron chi connectivity index (χ3n) is 3.17. The van der Waals surface area contributed by atoms with Crippen LogP contribution in [0.1, 0.15) is 12.5 Å². The summed E-state index contributed by atoms with van der Waals surface area (Å²) in [7, 11) is 0. The third kappa shape index (κ3) is 4.51. The van der Waals surface area contributed by atoms with Gasteiger partial charge in [-0.1, -0.05) is 48.5 Å². The third-order valence-corrected chi connectivity index (χ3v) is 5.30. The molecule has 21 heavy (non-hydrogen) atoms. The Morgan fingerprint density at radius 3 is 2.24 bits per heavy atom. The molecule has 1 atom stereocenters. The maximum Gasteiger partial charge on any atom is 0.241 e. The van der Waals surface area contributed by atoms with E-state index in [1.807, 2.05) is 55.5 Å². The molecule has 110 valence electrons. The van der Waals surface area contributed by atoms with Crippen molar-refractivity contribution in [3.05, 3.63) is 66.2 Å². The number of anilines is 1. The Bertz CT molecular complexity index is 576. The van der Waals surface area contributed by atoms with Crippen molar-refractivity contribution >= 4 is 35.0 Å². The minimum atomic E-state index is -0.659. The summed E-state index contributed by atoms with van der Waals surface area (Å²) < 4.78 is -0.659. The number of nitrogens with one attached hydrogen (secondary N) is 1. The van der Waals surface area contributed by atoms with E-state index in [4.69, 9.17) is 11.6 Å². The molecule has 4 heteroatoms. The largest absolute Gasteiger partial charge is 0.325 e. The van der Waals surface area contributed by atoms with Crippen LogP contribution in [0.15, 0.2) is 60.7 Å². The highest BCUT2D eigenvalue weighted by molar-refractivity contribution is 8.00. The first-order chi connectivity index (χ1) is 10.1. The van der Waals surface area contributed by atoms with Crippen LogP contribution in [0.2, 0.25) is 0 Å². The Morgan fingerprint density at radius 1 is 1.10 bits per heavy atom. The first kappa shape index (κ1) is 15.9. The standard InChI is InChI=1S/C17H18ClNOS/c1-17(13-18,21-12-14-8-4-2-5-9-14)16(20)19-15-10-6-3-7-11-15/h2-11H,12-13H2,1H3,(H,19,20). The molecule has 0 bridgehead atoms. The van der Waals surface area contributed by atoms with Crippen LogP contribution in [0.3, 0.4) is 0 Å². The molecule has 2 rings (SSSR count). The molecule has 0 radical (unpaired) electrons. The summed E-state index contributed by atoms with van der Waals surface area (Å²) >= 11 is 7.61. The van der Waals surface area contributed by atoms with Gasteiger partial charge in [0.25, 0.3) is 0 Å². The molecule has 1 amide bonds. The topological polar surface area (TPSA) is 29.1 Å². The average molecular weight is 320 g/mol. The zero-order chi connectivity index (χ0) is 15.1. The Balaban J connectivity index is 2.00. The fourth-order valence-electron chi connectivity index (χ4n) is 1.77. The van der Waals surface area contributed by atoms with Gasteiger partial charge in [0.05, 0.1) is 0 Å². The van der Waals surface area contributed by atoms with Gasteiger partial charge >= 0.3 is 0 Å². The van der Waals surface area contributed by atoms with E-state index in [0.29, 0.717) is 0 Å². The lowest BCUT2D eigenvalue weighted by Crippen LogP contribution is -2.39. The molecule has 0 spiro atoms. The average Bonchev–Trinajstić information content (AvgIpc) is 2.54. The van der Waals surface area contributed by atoms with E-state index in [1.165, 1.54) is 5.56 Å². The van der Waals surface area contributed by atoms with Crippen LogP contribution in [-0.4, -0.2) is 16.5 Å². The van der Waals surface area contributed by atoms with Crippen molar-refractivity contribution in [3.8, 4) is 0 Å². The monoisotopic (exact) mass is 319 g/mol. The number of carbonyl (C=O) groups is 1. The number of para-hydroxylation sites is 1. The van der Waals surface area contributed by atoms with Gasteiger partial charge in [-0.25, -0.2) is 0 Å². The molecule has 0 fully saturated rings. The van der Waals surface area contributed by atoms with E-state index in [0.717, 1.165) is 11.4 Å². The van der Waals surface area contributed by atoms with Crippen LogP contribution < -0.4 is 5.32 Å². The van der Waals surface area contributed by atoms with Gasteiger partial charge in [-0.15, -0.1) is 23.4 Å². The van der Waals surface area contributed by atoms with Gasteiger partial charge in [0.1, 0.15) is 4.75 Å². The molecular weight excluding hydrogens is 302 g/mol. The van der Waals surface area contributed by atoms with Gasteiger partial charge in [-0.2, -0.15) is 0 Å². The molecule has 2 aromatic rings. The fourth-order valence-corrected chi connectivity index (χ4v) is 3.06. The number of carbonyl (C=O) groups excluding carboxylic acids is 1. The summed E-state index contributed by atoms with van der Waals surface area (Å²) in [6.07, 6.45) is 0. The number of benzene rings is 2. The van der Waals surface area contributed by atoms with Crippen LogP contribution in [0.4, 0.5) is 5.69 Å². The number of hydrogen-bond acceptors (Lipinski definition) is 2. The predicted octanol–water partition coefficient (Wildman–Crippen LogP) is 4.56. The van der Waals surface area contributed by atoms with Crippen molar-refractivity contribution < 1.29 is 4.79 Å². The Kier molecular flexibility index (Phi) is 5.71. The molecule has 0 saturated carbocycles. The van der Waals surface area contributed by atoms with E-state index in [9.17, 15) is 4.79 Å². The summed E-state index contributed by atoms with van der Waals surface area (Å²) in [5.41, 5.74) is 1.98. The normalized spacial score (nSPS) is 13.4. The number of amides is 1. The highest BCUT2D eigenvalue weighted by Crippen LogP contribution is 2.31. The number of hydrogen-bond donors (Lipinski definition) is 1. The van der Waals surface area contributed by atoms with Gasteiger partial charge in [0.15, 0.2) is 0 Å². The summed E-state index contributed by atoms with van der Waals surface area (Å²) in [6.45, 7) is 1.88. The number of halogens is 1. The second kappa shape index (κ2) is 7.53. The van der Waals surface area contributed by atoms with Gasteiger partial charge in [-0.05, 0) is 24.6 Å². The van der Waals surface area contributed by atoms with Crippen molar-refractivity contribution in [1.29, 1.82) is 0 Å². The summed E-state index contributed by atoms with van der Waals surface area (Å²) in [5.74, 6) is 0.958. The van der Waals surface area contributed by atoms with Crippen molar-refractivity contribution in [2.24, 2.45) is 0 Å².